The van der Waals surface area contributed by atoms with Crippen LogP contribution in [-0.2, 0) is 21.3 Å². The molecule has 0 saturated carbocycles. The minimum Gasteiger partial charge on any atom is -0.375 e. The van der Waals surface area contributed by atoms with E-state index in [-0.39, 0.29) is 17.8 Å². The Bertz CT molecular complexity index is 559. The van der Waals surface area contributed by atoms with E-state index < -0.39 is 10.0 Å². The Labute approximate surface area is 130 Å². The van der Waals surface area contributed by atoms with Crippen molar-refractivity contribution in [2.24, 2.45) is 5.92 Å². The highest BCUT2D eigenvalue weighted by molar-refractivity contribution is 7.89. The van der Waals surface area contributed by atoms with Crippen LogP contribution in [0.5, 0.6) is 0 Å². The smallest absolute Gasteiger partial charge is 0.213 e. The summed E-state index contributed by atoms with van der Waals surface area (Å²) in [7, 11) is -3.10. The summed E-state index contributed by atoms with van der Waals surface area (Å²) in [5.41, 5.74) is 1.33. The summed E-state index contributed by atoms with van der Waals surface area (Å²) in [6.07, 6.45) is 0.0544. The summed E-state index contributed by atoms with van der Waals surface area (Å²) in [6.45, 7) is 6.27. The second kappa shape index (κ2) is 6.34. The van der Waals surface area contributed by atoms with Gasteiger partial charge in [-0.15, -0.1) is 0 Å². The Hall–Kier alpha value is -0.470. The second-order valence-electron chi connectivity index (χ2n) is 5.75. The Morgan fingerprint density at radius 3 is 2.95 bits per heavy atom. The van der Waals surface area contributed by atoms with Gasteiger partial charge < -0.3 is 4.74 Å². The van der Waals surface area contributed by atoms with Crippen LogP contribution in [0.25, 0.3) is 0 Å². The molecule has 118 valence electrons. The summed E-state index contributed by atoms with van der Waals surface area (Å²) in [5, 5.41) is 4.27. The van der Waals surface area contributed by atoms with Gasteiger partial charge in [0.2, 0.25) is 10.0 Å². The first kappa shape index (κ1) is 15.4. The Balaban J connectivity index is 1.65. The molecule has 5 nitrogen and oxygen atoms in total. The zero-order valence-corrected chi connectivity index (χ0v) is 13.9. The van der Waals surface area contributed by atoms with Gasteiger partial charge in [0, 0.05) is 38.6 Å². The van der Waals surface area contributed by atoms with Gasteiger partial charge >= 0.3 is 0 Å². The van der Waals surface area contributed by atoms with Gasteiger partial charge in [0.05, 0.1) is 18.5 Å². The molecule has 2 saturated heterocycles. The third kappa shape index (κ3) is 3.48. The molecule has 7 heteroatoms. The zero-order chi connectivity index (χ0) is 14.9. The minimum absolute atomic E-state index is 0.0544. The van der Waals surface area contributed by atoms with Gasteiger partial charge in [0.25, 0.3) is 0 Å². The molecular weight excluding hydrogens is 308 g/mol. The maximum absolute atomic E-state index is 12.0. The first-order valence-electron chi connectivity index (χ1n) is 7.41. The molecule has 0 aromatic carbocycles. The minimum atomic E-state index is -3.10. The highest BCUT2D eigenvalue weighted by Gasteiger charge is 2.40. The fraction of sp³-hybridized carbons (Fsp3) is 0.714. The van der Waals surface area contributed by atoms with Gasteiger partial charge in [-0.3, -0.25) is 4.90 Å². The maximum Gasteiger partial charge on any atom is 0.213 e. The molecule has 0 N–H and O–H groups in total. The third-order valence-electron chi connectivity index (χ3n) is 4.32. The first-order valence-corrected chi connectivity index (χ1v) is 9.96. The van der Waals surface area contributed by atoms with Crippen LogP contribution in [0.1, 0.15) is 12.5 Å². The Morgan fingerprint density at radius 1 is 1.38 bits per heavy atom. The predicted molar refractivity (Wildman–Crippen MR) is 83.9 cm³/mol. The zero-order valence-electron chi connectivity index (χ0n) is 12.3. The van der Waals surface area contributed by atoms with Crippen molar-refractivity contribution in [1.29, 1.82) is 0 Å². The first-order chi connectivity index (χ1) is 10.1. The van der Waals surface area contributed by atoms with Crippen molar-refractivity contribution in [3.05, 3.63) is 22.4 Å². The van der Waals surface area contributed by atoms with Gasteiger partial charge in [-0.25, -0.2) is 8.42 Å². The number of hydrogen-bond donors (Lipinski definition) is 0. The van der Waals surface area contributed by atoms with E-state index >= 15 is 0 Å². The number of sulfonamides is 1. The fourth-order valence-corrected chi connectivity index (χ4v) is 4.94. The van der Waals surface area contributed by atoms with Gasteiger partial charge in [-0.1, -0.05) is 0 Å². The summed E-state index contributed by atoms with van der Waals surface area (Å²) < 4.78 is 31.6. The molecule has 2 atom stereocenters. The second-order valence-corrected chi connectivity index (χ2v) is 8.79. The molecule has 1 aromatic heterocycles. The summed E-state index contributed by atoms with van der Waals surface area (Å²) in [5.74, 6) is 0.456. The molecule has 0 amide bonds. The Kier molecular flexibility index (Phi) is 4.66. The summed E-state index contributed by atoms with van der Waals surface area (Å²) in [4.78, 5) is 2.38. The number of hydrogen-bond acceptors (Lipinski definition) is 5. The molecule has 3 heterocycles. The average molecular weight is 330 g/mol. The topological polar surface area (TPSA) is 49.9 Å². The molecular formula is C14H22N2O3S2. The van der Waals surface area contributed by atoms with E-state index in [0.717, 1.165) is 19.6 Å². The van der Waals surface area contributed by atoms with E-state index in [1.807, 2.05) is 0 Å². The number of nitrogens with zero attached hydrogens (tertiary/aromatic N) is 2. The van der Waals surface area contributed by atoms with E-state index in [9.17, 15) is 8.42 Å². The third-order valence-corrected chi connectivity index (χ3v) is 6.87. The van der Waals surface area contributed by atoms with E-state index in [0.29, 0.717) is 19.7 Å². The molecule has 0 aliphatic carbocycles. The van der Waals surface area contributed by atoms with Crippen LogP contribution in [0.4, 0.5) is 0 Å². The molecule has 2 fully saturated rings. The van der Waals surface area contributed by atoms with Crippen molar-refractivity contribution >= 4 is 21.4 Å². The van der Waals surface area contributed by atoms with Crippen LogP contribution in [0.15, 0.2) is 16.8 Å². The van der Waals surface area contributed by atoms with Gasteiger partial charge in [0.1, 0.15) is 0 Å². The lowest BCUT2D eigenvalue weighted by atomic mass is 10.1. The van der Waals surface area contributed by atoms with E-state index in [4.69, 9.17) is 4.74 Å². The highest BCUT2D eigenvalue weighted by atomic mass is 32.2. The Morgan fingerprint density at radius 2 is 2.24 bits per heavy atom. The van der Waals surface area contributed by atoms with Crippen molar-refractivity contribution in [3.8, 4) is 0 Å². The molecule has 0 spiro atoms. The molecule has 2 aliphatic heterocycles. The predicted octanol–water partition coefficient (Wildman–Crippen LogP) is 1.23. The van der Waals surface area contributed by atoms with Gasteiger partial charge in [-0.2, -0.15) is 15.6 Å². The van der Waals surface area contributed by atoms with Crippen LogP contribution >= 0.6 is 11.3 Å². The fourth-order valence-electron chi connectivity index (χ4n) is 3.12. The molecule has 21 heavy (non-hydrogen) atoms. The molecule has 0 radical (unpaired) electrons. The van der Waals surface area contributed by atoms with Crippen LogP contribution in [0.2, 0.25) is 0 Å². The largest absolute Gasteiger partial charge is 0.375 e. The standard InChI is InChI=1S/C14H22N2O3S2/c1-2-21(17,18)16-9-13-8-15(4-5-19-14(13)10-16)7-12-3-6-20-11-12/h3,6,11,13-14H,2,4-5,7-10H2,1H3/t13-,14+/m1/s1. The number of thiophene rings is 1. The van der Waals surface area contributed by atoms with Gasteiger partial charge in [-0.05, 0) is 29.3 Å². The van der Waals surface area contributed by atoms with Crippen LogP contribution in [0.3, 0.4) is 0 Å². The quantitative estimate of drug-likeness (QED) is 0.833. The monoisotopic (exact) mass is 330 g/mol. The molecule has 1 aromatic rings. The van der Waals surface area contributed by atoms with E-state index in [1.165, 1.54) is 5.56 Å². The lowest BCUT2D eigenvalue weighted by Gasteiger charge is -2.22. The molecule has 2 aliphatic rings. The normalized spacial score (nSPS) is 28.4. The number of rotatable bonds is 4. The van der Waals surface area contributed by atoms with Crippen molar-refractivity contribution in [2.75, 3.05) is 38.5 Å². The molecule has 0 bridgehead atoms. The van der Waals surface area contributed by atoms with Crippen molar-refractivity contribution in [2.45, 2.75) is 19.6 Å². The number of ether oxygens (including phenoxy) is 1. The summed E-state index contributed by atoms with van der Waals surface area (Å²) in [6, 6.07) is 2.15. The lowest BCUT2D eigenvalue weighted by molar-refractivity contribution is 0.0546. The highest BCUT2D eigenvalue weighted by Crippen LogP contribution is 2.26. The van der Waals surface area contributed by atoms with Crippen LogP contribution < -0.4 is 0 Å². The van der Waals surface area contributed by atoms with Crippen molar-refractivity contribution in [3.63, 3.8) is 0 Å². The average Bonchev–Trinajstić information content (AvgIpc) is 3.06. The van der Waals surface area contributed by atoms with Crippen LogP contribution in [0, 0.1) is 5.92 Å². The van der Waals surface area contributed by atoms with E-state index in [2.05, 4.69) is 21.7 Å². The SMILES string of the molecule is CCS(=O)(=O)N1C[C@H]2CN(Cc3ccsc3)CCO[C@H]2C1. The van der Waals surface area contributed by atoms with Gasteiger partial charge in [0.15, 0.2) is 0 Å². The molecule has 3 rings (SSSR count). The number of fused-ring (bicyclic) bond motifs is 1. The van der Waals surface area contributed by atoms with Crippen molar-refractivity contribution in [1.82, 2.24) is 9.21 Å². The summed E-state index contributed by atoms with van der Waals surface area (Å²) >= 11 is 1.71. The van der Waals surface area contributed by atoms with Crippen molar-refractivity contribution < 1.29 is 13.2 Å². The molecule has 0 unspecified atom stereocenters. The lowest BCUT2D eigenvalue weighted by Crippen LogP contribution is -2.34. The maximum atomic E-state index is 12.0. The van der Waals surface area contributed by atoms with Crippen LogP contribution in [-0.4, -0.2) is 62.3 Å². The van der Waals surface area contributed by atoms with E-state index in [1.54, 1.807) is 22.6 Å².